The Hall–Kier alpha value is -1.46. The summed E-state index contributed by atoms with van der Waals surface area (Å²) in [5.41, 5.74) is 6.54. The van der Waals surface area contributed by atoms with Gasteiger partial charge in [0.2, 0.25) is 5.91 Å². The Bertz CT molecular complexity index is 463. The normalized spacial score (nSPS) is 19.5. The SMILES string of the molecule is CCN(C(=O)CN1CCCCC1CN)c1ccc(F)cc1. The predicted molar refractivity (Wildman–Crippen MR) is 82.7 cm³/mol. The van der Waals surface area contributed by atoms with Gasteiger partial charge < -0.3 is 10.6 Å². The van der Waals surface area contributed by atoms with E-state index in [4.69, 9.17) is 5.73 Å². The number of anilines is 1. The van der Waals surface area contributed by atoms with E-state index in [1.165, 1.54) is 18.6 Å². The third-order valence-corrected chi connectivity index (χ3v) is 4.12. The van der Waals surface area contributed by atoms with Gasteiger partial charge in [-0.3, -0.25) is 9.69 Å². The first kappa shape index (κ1) is 15.9. The van der Waals surface area contributed by atoms with Crippen molar-refractivity contribution in [1.82, 2.24) is 4.90 Å². The molecule has 5 heteroatoms. The summed E-state index contributed by atoms with van der Waals surface area (Å²) in [4.78, 5) is 16.4. The van der Waals surface area contributed by atoms with Gasteiger partial charge in [0, 0.05) is 24.8 Å². The first-order valence-corrected chi connectivity index (χ1v) is 7.65. The van der Waals surface area contributed by atoms with Crippen LogP contribution in [0.3, 0.4) is 0 Å². The number of benzene rings is 1. The van der Waals surface area contributed by atoms with E-state index in [0.29, 0.717) is 25.7 Å². The quantitative estimate of drug-likeness (QED) is 0.903. The van der Waals surface area contributed by atoms with E-state index in [1.54, 1.807) is 17.0 Å². The number of halogens is 1. The number of carbonyl (C=O) groups excluding carboxylic acids is 1. The van der Waals surface area contributed by atoms with E-state index in [-0.39, 0.29) is 11.7 Å². The van der Waals surface area contributed by atoms with Gasteiger partial charge in [0.15, 0.2) is 0 Å². The minimum Gasteiger partial charge on any atom is -0.329 e. The fourth-order valence-corrected chi connectivity index (χ4v) is 2.92. The molecule has 0 bridgehead atoms. The summed E-state index contributed by atoms with van der Waals surface area (Å²) < 4.78 is 13.0. The molecule has 1 fully saturated rings. The van der Waals surface area contributed by atoms with E-state index >= 15 is 0 Å². The first-order chi connectivity index (χ1) is 10.2. The fourth-order valence-electron chi connectivity index (χ4n) is 2.92. The molecule has 0 radical (unpaired) electrons. The van der Waals surface area contributed by atoms with Crippen LogP contribution in [-0.2, 0) is 4.79 Å². The van der Waals surface area contributed by atoms with Gasteiger partial charge in [-0.25, -0.2) is 4.39 Å². The van der Waals surface area contributed by atoms with E-state index < -0.39 is 0 Å². The number of likely N-dealkylation sites (tertiary alicyclic amines) is 1. The van der Waals surface area contributed by atoms with Crippen LogP contribution >= 0.6 is 0 Å². The molecule has 0 saturated carbocycles. The van der Waals surface area contributed by atoms with Crippen molar-refractivity contribution in [2.24, 2.45) is 5.73 Å². The Labute approximate surface area is 125 Å². The van der Waals surface area contributed by atoms with Gasteiger partial charge in [0.05, 0.1) is 6.54 Å². The lowest BCUT2D eigenvalue weighted by Gasteiger charge is -2.35. The van der Waals surface area contributed by atoms with Crippen molar-refractivity contribution in [2.45, 2.75) is 32.2 Å². The molecular weight excluding hydrogens is 269 g/mol. The lowest BCUT2D eigenvalue weighted by molar-refractivity contribution is -0.120. The molecule has 1 aliphatic rings. The van der Waals surface area contributed by atoms with Crippen molar-refractivity contribution in [3.63, 3.8) is 0 Å². The number of nitrogens with two attached hydrogens (primary N) is 1. The summed E-state index contributed by atoms with van der Waals surface area (Å²) in [5.74, 6) is -0.245. The maximum Gasteiger partial charge on any atom is 0.241 e. The van der Waals surface area contributed by atoms with Crippen molar-refractivity contribution in [1.29, 1.82) is 0 Å². The zero-order chi connectivity index (χ0) is 15.2. The second-order valence-corrected chi connectivity index (χ2v) is 5.47. The lowest BCUT2D eigenvalue weighted by Crippen LogP contribution is -2.49. The van der Waals surface area contributed by atoms with Crippen LogP contribution in [0.25, 0.3) is 0 Å². The summed E-state index contributed by atoms with van der Waals surface area (Å²) >= 11 is 0. The van der Waals surface area contributed by atoms with Crippen LogP contribution in [0.15, 0.2) is 24.3 Å². The number of likely N-dealkylation sites (N-methyl/N-ethyl adjacent to an activating group) is 1. The van der Waals surface area contributed by atoms with Gasteiger partial charge in [0.1, 0.15) is 5.82 Å². The van der Waals surface area contributed by atoms with Crippen molar-refractivity contribution in [3.05, 3.63) is 30.1 Å². The number of piperidine rings is 1. The number of rotatable bonds is 5. The minimum absolute atomic E-state index is 0.0458. The molecule has 1 aliphatic heterocycles. The second-order valence-electron chi connectivity index (χ2n) is 5.47. The van der Waals surface area contributed by atoms with Gasteiger partial charge in [-0.1, -0.05) is 6.42 Å². The van der Waals surface area contributed by atoms with E-state index in [2.05, 4.69) is 4.90 Å². The molecule has 2 rings (SSSR count). The number of nitrogens with zero attached hydrogens (tertiary/aromatic N) is 2. The topological polar surface area (TPSA) is 49.6 Å². The monoisotopic (exact) mass is 293 g/mol. The van der Waals surface area contributed by atoms with Gasteiger partial charge in [-0.2, -0.15) is 0 Å². The van der Waals surface area contributed by atoms with Gasteiger partial charge in [0.25, 0.3) is 0 Å². The van der Waals surface area contributed by atoms with Crippen LogP contribution in [0.2, 0.25) is 0 Å². The largest absolute Gasteiger partial charge is 0.329 e. The third-order valence-electron chi connectivity index (χ3n) is 4.12. The smallest absolute Gasteiger partial charge is 0.241 e. The van der Waals surface area contributed by atoms with Crippen molar-refractivity contribution < 1.29 is 9.18 Å². The summed E-state index contributed by atoms with van der Waals surface area (Å²) in [6.45, 7) is 4.40. The molecule has 1 saturated heterocycles. The van der Waals surface area contributed by atoms with Crippen molar-refractivity contribution >= 4 is 11.6 Å². The molecule has 116 valence electrons. The molecule has 1 aromatic rings. The minimum atomic E-state index is -0.290. The molecule has 4 nitrogen and oxygen atoms in total. The lowest BCUT2D eigenvalue weighted by atomic mass is 10.0. The number of hydrogen-bond donors (Lipinski definition) is 1. The highest BCUT2D eigenvalue weighted by atomic mass is 19.1. The Morgan fingerprint density at radius 3 is 2.71 bits per heavy atom. The molecule has 0 aromatic heterocycles. The van der Waals surface area contributed by atoms with Crippen LogP contribution in [0.1, 0.15) is 26.2 Å². The van der Waals surface area contributed by atoms with E-state index in [9.17, 15) is 9.18 Å². The molecule has 1 amide bonds. The highest BCUT2D eigenvalue weighted by Gasteiger charge is 2.25. The molecule has 1 aromatic carbocycles. The first-order valence-electron chi connectivity index (χ1n) is 7.65. The Morgan fingerprint density at radius 1 is 1.38 bits per heavy atom. The highest BCUT2D eigenvalue weighted by molar-refractivity contribution is 5.94. The average Bonchev–Trinajstić information content (AvgIpc) is 2.50. The summed E-state index contributed by atoms with van der Waals surface area (Å²) in [5, 5.41) is 0. The average molecular weight is 293 g/mol. The van der Waals surface area contributed by atoms with Crippen LogP contribution < -0.4 is 10.6 Å². The number of carbonyl (C=O) groups is 1. The zero-order valence-electron chi connectivity index (χ0n) is 12.6. The van der Waals surface area contributed by atoms with E-state index in [0.717, 1.165) is 25.1 Å². The third kappa shape index (κ3) is 4.02. The Balaban J connectivity index is 2.04. The zero-order valence-corrected chi connectivity index (χ0v) is 12.6. The van der Waals surface area contributed by atoms with Crippen LogP contribution in [-0.4, -0.2) is 43.0 Å². The Kier molecular flexibility index (Phi) is 5.70. The fraction of sp³-hybridized carbons (Fsp3) is 0.562. The standard InChI is InChI=1S/C16H24FN3O/c1-2-20(14-8-6-13(17)7-9-14)16(21)12-19-10-4-3-5-15(19)11-18/h6-9,15H,2-5,10-12,18H2,1H3. The summed E-state index contributed by atoms with van der Waals surface area (Å²) in [6, 6.07) is 6.36. The molecular formula is C16H24FN3O. The van der Waals surface area contributed by atoms with Gasteiger partial charge in [-0.15, -0.1) is 0 Å². The predicted octanol–water partition coefficient (Wildman–Crippen LogP) is 1.99. The molecule has 1 unspecified atom stereocenters. The summed E-state index contributed by atoms with van der Waals surface area (Å²) in [6.07, 6.45) is 3.36. The molecule has 21 heavy (non-hydrogen) atoms. The molecule has 0 aliphatic carbocycles. The molecule has 1 heterocycles. The van der Waals surface area contributed by atoms with E-state index in [1.807, 2.05) is 6.92 Å². The van der Waals surface area contributed by atoms with Crippen LogP contribution in [0.5, 0.6) is 0 Å². The van der Waals surface area contributed by atoms with Crippen molar-refractivity contribution in [3.8, 4) is 0 Å². The Morgan fingerprint density at radius 2 is 2.10 bits per heavy atom. The highest BCUT2D eigenvalue weighted by Crippen LogP contribution is 2.18. The maximum absolute atomic E-state index is 13.0. The van der Waals surface area contributed by atoms with Crippen LogP contribution in [0, 0.1) is 5.82 Å². The van der Waals surface area contributed by atoms with Gasteiger partial charge >= 0.3 is 0 Å². The summed E-state index contributed by atoms with van der Waals surface area (Å²) in [7, 11) is 0. The molecule has 2 N–H and O–H groups in total. The van der Waals surface area contributed by atoms with Crippen LogP contribution in [0.4, 0.5) is 10.1 Å². The molecule has 1 atom stereocenters. The number of hydrogen-bond acceptors (Lipinski definition) is 3. The molecule has 0 spiro atoms. The van der Waals surface area contributed by atoms with Gasteiger partial charge in [-0.05, 0) is 50.6 Å². The number of amides is 1. The second kappa shape index (κ2) is 7.52. The maximum atomic E-state index is 13.0. The van der Waals surface area contributed by atoms with Crippen molar-refractivity contribution in [2.75, 3.05) is 31.1 Å².